The average Bonchev–Trinajstić information content (AvgIpc) is 2.22. The van der Waals surface area contributed by atoms with Gasteiger partial charge in [-0.2, -0.15) is 11.8 Å². The van der Waals surface area contributed by atoms with Gasteiger partial charge in [-0.1, -0.05) is 18.2 Å². The molecule has 1 aromatic carbocycles. The Morgan fingerprint density at radius 3 is 2.87 bits per heavy atom. The van der Waals surface area contributed by atoms with Crippen molar-refractivity contribution in [2.24, 2.45) is 5.92 Å². The molecule has 0 unspecified atom stereocenters. The van der Waals surface area contributed by atoms with Gasteiger partial charge in [-0.15, -0.1) is 0 Å². The van der Waals surface area contributed by atoms with Crippen LogP contribution in [0.3, 0.4) is 0 Å². The minimum absolute atomic E-state index is 0.879. The summed E-state index contributed by atoms with van der Waals surface area (Å²) in [7, 11) is 1.74. The topological polar surface area (TPSA) is 21.3 Å². The summed E-state index contributed by atoms with van der Waals surface area (Å²) < 4.78 is 5.32. The molecule has 0 radical (unpaired) electrons. The van der Waals surface area contributed by atoms with Gasteiger partial charge in [0.1, 0.15) is 5.75 Å². The Hall–Kier alpha value is -0.670. The monoisotopic (exact) mass is 223 g/mol. The van der Waals surface area contributed by atoms with E-state index in [-0.39, 0.29) is 0 Å². The zero-order valence-electron chi connectivity index (χ0n) is 9.03. The van der Waals surface area contributed by atoms with Gasteiger partial charge in [-0.3, -0.25) is 0 Å². The first-order valence-corrected chi connectivity index (χ1v) is 6.46. The number of nitrogens with one attached hydrogen (secondary N) is 1. The second-order valence-electron chi connectivity index (χ2n) is 3.85. The van der Waals surface area contributed by atoms with Gasteiger partial charge in [0.15, 0.2) is 0 Å². The molecule has 1 aliphatic heterocycles. The molecule has 2 rings (SSSR count). The maximum atomic E-state index is 5.32. The number of para-hydroxylation sites is 1. The summed E-state index contributed by atoms with van der Waals surface area (Å²) >= 11 is 2.00. The molecule has 82 valence electrons. The lowest BCUT2D eigenvalue weighted by atomic mass is 10.1. The fraction of sp³-hybridized carbons (Fsp3) is 0.500. The molecule has 3 heteroatoms. The van der Waals surface area contributed by atoms with E-state index in [1.165, 1.54) is 24.4 Å². The second kappa shape index (κ2) is 5.42. The number of benzene rings is 1. The Labute approximate surface area is 95.4 Å². The zero-order chi connectivity index (χ0) is 10.5. The molecule has 0 atom stereocenters. The largest absolute Gasteiger partial charge is 0.496 e. The van der Waals surface area contributed by atoms with Crippen LogP contribution in [0.5, 0.6) is 5.75 Å². The first-order chi connectivity index (χ1) is 7.40. The van der Waals surface area contributed by atoms with Crippen LogP contribution < -0.4 is 10.1 Å². The van der Waals surface area contributed by atoms with E-state index >= 15 is 0 Å². The number of hydrogen-bond acceptors (Lipinski definition) is 3. The summed E-state index contributed by atoms with van der Waals surface area (Å²) in [5.74, 6) is 4.20. The lowest BCUT2D eigenvalue weighted by Crippen LogP contribution is -2.43. The van der Waals surface area contributed by atoms with E-state index < -0.39 is 0 Å². The van der Waals surface area contributed by atoms with Gasteiger partial charge in [0.2, 0.25) is 0 Å². The van der Waals surface area contributed by atoms with Crippen molar-refractivity contribution in [2.45, 2.75) is 5.75 Å². The molecule has 0 saturated carbocycles. The molecule has 0 spiro atoms. The van der Waals surface area contributed by atoms with Gasteiger partial charge in [0, 0.05) is 11.3 Å². The van der Waals surface area contributed by atoms with Crippen LogP contribution in [0.25, 0.3) is 0 Å². The Kier molecular flexibility index (Phi) is 3.92. The lowest BCUT2D eigenvalue weighted by molar-refractivity contribution is 0.385. The first kappa shape index (κ1) is 10.8. The predicted octanol–water partition coefficient (Wildman–Crippen LogP) is 2.15. The van der Waals surface area contributed by atoms with Crippen LogP contribution in [0, 0.1) is 5.92 Å². The van der Waals surface area contributed by atoms with E-state index in [2.05, 4.69) is 17.4 Å². The van der Waals surface area contributed by atoms with Crippen molar-refractivity contribution < 1.29 is 4.74 Å². The van der Waals surface area contributed by atoms with Gasteiger partial charge in [0.25, 0.3) is 0 Å². The molecule has 0 bridgehead atoms. The number of ether oxygens (including phenoxy) is 1. The maximum Gasteiger partial charge on any atom is 0.122 e. The van der Waals surface area contributed by atoms with E-state index in [0.717, 1.165) is 17.4 Å². The van der Waals surface area contributed by atoms with Crippen molar-refractivity contribution in [3.63, 3.8) is 0 Å². The maximum absolute atomic E-state index is 5.32. The fourth-order valence-electron chi connectivity index (χ4n) is 1.62. The molecule has 0 amide bonds. The van der Waals surface area contributed by atoms with E-state index in [0.29, 0.717) is 0 Å². The number of thioether (sulfide) groups is 1. The Bertz CT molecular complexity index is 312. The molecule has 0 aliphatic carbocycles. The third-order valence-corrected chi connectivity index (χ3v) is 3.89. The summed E-state index contributed by atoms with van der Waals surface area (Å²) in [4.78, 5) is 0. The predicted molar refractivity (Wildman–Crippen MR) is 65.5 cm³/mol. The summed E-state index contributed by atoms with van der Waals surface area (Å²) in [6.45, 7) is 2.39. The highest BCUT2D eigenvalue weighted by molar-refractivity contribution is 7.98. The van der Waals surface area contributed by atoms with E-state index in [9.17, 15) is 0 Å². The van der Waals surface area contributed by atoms with Crippen LogP contribution >= 0.6 is 11.8 Å². The van der Waals surface area contributed by atoms with Crippen molar-refractivity contribution in [2.75, 3.05) is 26.0 Å². The molecule has 1 N–H and O–H groups in total. The van der Waals surface area contributed by atoms with E-state index in [1.807, 2.05) is 23.9 Å². The summed E-state index contributed by atoms with van der Waals surface area (Å²) in [5.41, 5.74) is 1.30. The van der Waals surface area contributed by atoms with E-state index in [1.54, 1.807) is 7.11 Å². The molecule has 0 aromatic heterocycles. The molecule has 1 heterocycles. The minimum atomic E-state index is 0.879. The average molecular weight is 223 g/mol. The van der Waals surface area contributed by atoms with Crippen molar-refractivity contribution in [1.29, 1.82) is 0 Å². The lowest BCUT2D eigenvalue weighted by Gasteiger charge is -2.26. The van der Waals surface area contributed by atoms with Gasteiger partial charge in [0.05, 0.1) is 7.11 Å². The Morgan fingerprint density at radius 2 is 2.20 bits per heavy atom. The Morgan fingerprint density at radius 1 is 1.40 bits per heavy atom. The third-order valence-electron chi connectivity index (χ3n) is 2.67. The standard InChI is InChI=1S/C12H17NOS/c1-14-12-5-3-2-4-11(12)9-15-8-10-6-13-7-10/h2-5,10,13H,6-9H2,1H3. The highest BCUT2D eigenvalue weighted by atomic mass is 32.2. The highest BCUT2D eigenvalue weighted by Crippen LogP contribution is 2.24. The first-order valence-electron chi connectivity index (χ1n) is 5.30. The molecular formula is C12H17NOS. The van der Waals surface area contributed by atoms with Crippen molar-refractivity contribution in [3.8, 4) is 5.75 Å². The highest BCUT2D eigenvalue weighted by Gasteiger charge is 2.16. The number of methoxy groups -OCH3 is 1. The number of rotatable bonds is 5. The van der Waals surface area contributed by atoms with Crippen molar-refractivity contribution in [1.82, 2.24) is 5.32 Å². The van der Waals surface area contributed by atoms with E-state index in [4.69, 9.17) is 4.74 Å². The zero-order valence-corrected chi connectivity index (χ0v) is 9.85. The third kappa shape index (κ3) is 2.89. The van der Waals surface area contributed by atoms with Crippen molar-refractivity contribution in [3.05, 3.63) is 29.8 Å². The van der Waals surface area contributed by atoms with Gasteiger partial charge < -0.3 is 10.1 Å². The Balaban J connectivity index is 1.81. The van der Waals surface area contributed by atoms with Crippen LogP contribution in [-0.4, -0.2) is 26.0 Å². The molecule has 15 heavy (non-hydrogen) atoms. The molecule has 1 saturated heterocycles. The van der Waals surface area contributed by atoms with Crippen LogP contribution in [0.1, 0.15) is 5.56 Å². The van der Waals surface area contributed by atoms with Crippen molar-refractivity contribution >= 4 is 11.8 Å². The molecule has 1 aliphatic rings. The van der Waals surface area contributed by atoms with Crippen LogP contribution in [0.4, 0.5) is 0 Å². The normalized spacial score (nSPS) is 16.1. The number of hydrogen-bond donors (Lipinski definition) is 1. The second-order valence-corrected chi connectivity index (χ2v) is 4.88. The molecule has 2 nitrogen and oxygen atoms in total. The van der Waals surface area contributed by atoms with Gasteiger partial charge in [-0.25, -0.2) is 0 Å². The summed E-state index contributed by atoms with van der Waals surface area (Å²) in [5, 5.41) is 3.29. The van der Waals surface area contributed by atoms with Crippen LogP contribution in [-0.2, 0) is 5.75 Å². The summed E-state index contributed by atoms with van der Waals surface area (Å²) in [6, 6.07) is 8.26. The fourth-order valence-corrected chi connectivity index (χ4v) is 2.77. The molecule has 1 fully saturated rings. The summed E-state index contributed by atoms with van der Waals surface area (Å²) in [6.07, 6.45) is 0. The molecular weight excluding hydrogens is 206 g/mol. The van der Waals surface area contributed by atoms with Crippen LogP contribution in [0.15, 0.2) is 24.3 Å². The smallest absolute Gasteiger partial charge is 0.122 e. The van der Waals surface area contributed by atoms with Gasteiger partial charge in [-0.05, 0) is 30.8 Å². The van der Waals surface area contributed by atoms with Crippen LogP contribution in [0.2, 0.25) is 0 Å². The SMILES string of the molecule is COc1ccccc1CSCC1CNC1. The van der Waals surface area contributed by atoms with Gasteiger partial charge >= 0.3 is 0 Å². The quantitative estimate of drug-likeness (QED) is 0.826. The minimum Gasteiger partial charge on any atom is -0.496 e. The molecule has 1 aromatic rings.